The number of esters is 2. The number of ether oxygens (including phenoxy) is 4. The Bertz CT molecular complexity index is 1160. The molecule has 2 unspecified atom stereocenters. The number of allylic oxidation sites excluding steroid dienone is 10. The number of unbranched alkanes of at least 4 members (excludes halogenated alkanes) is 18. The average molecular weight is 847 g/mol. The lowest BCUT2D eigenvalue weighted by Gasteiger charge is -2.39. The molecule has 1 aliphatic heterocycles. The molecule has 0 amide bonds. The molecule has 60 heavy (non-hydrogen) atoms. The summed E-state index contributed by atoms with van der Waals surface area (Å²) in [5.41, 5.74) is 0. The molecule has 346 valence electrons. The molecule has 0 aromatic carbocycles. The fraction of sp³-hybridized carbons (Fsp3) is 0.760. The lowest BCUT2D eigenvalue weighted by Crippen LogP contribution is -2.59. The molecule has 6 atom stereocenters. The number of rotatable bonds is 39. The van der Waals surface area contributed by atoms with E-state index in [9.17, 15) is 30.0 Å². The SMILES string of the molecule is CC/C=C/C/C=C/C/C=C/C/C=C/C/C=C/CCCCCC(=O)O[C@H](COC(=O)CCCCCCCCCCCCCCCCCC)CO[C@@H]1O[C@H](CO)[C@H](O)C(O)C1O. The molecular weight excluding hydrogens is 761 g/mol. The third-order valence-corrected chi connectivity index (χ3v) is 10.7. The zero-order chi connectivity index (χ0) is 43.7. The van der Waals surface area contributed by atoms with E-state index in [1.807, 2.05) is 0 Å². The highest BCUT2D eigenvalue weighted by Crippen LogP contribution is 2.23. The van der Waals surface area contributed by atoms with E-state index in [-0.39, 0.29) is 32.0 Å². The van der Waals surface area contributed by atoms with Gasteiger partial charge in [-0.15, -0.1) is 0 Å². The number of aliphatic hydroxyl groups is 4. The topological polar surface area (TPSA) is 152 Å². The zero-order valence-corrected chi connectivity index (χ0v) is 37.7. The second kappa shape index (κ2) is 40.5. The summed E-state index contributed by atoms with van der Waals surface area (Å²) in [6.07, 6.45) is 42.2. The van der Waals surface area contributed by atoms with Crippen molar-refractivity contribution in [3.8, 4) is 0 Å². The van der Waals surface area contributed by atoms with E-state index in [1.54, 1.807) is 0 Å². The summed E-state index contributed by atoms with van der Waals surface area (Å²) in [4.78, 5) is 25.4. The third-order valence-electron chi connectivity index (χ3n) is 10.7. The van der Waals surface area contributed by atoms with Crippen molar-refractivity contribution in [3.63, 3.8) is 0 Å². The smallest absolute Gasteiger partial charge is 0.306 e. The minimum absolute atomic E-state index is 0.190. The molecule has 0 radical (unpaired) electrons. The summed E-state index contributed by atoms with van der Waals surface area (Å²) < 4.78 is 22.2. The van der Waals surface area contributed by atoms with Crippen molar-refractivity contribution in [1.29, 1.82) is 0 Å². The van der Waals surface area contributed by atoms with Crippen LogP contribution in [0.4, 0.5) is 0 Å². The Morgan fingerprint density at radius 1 is 0.533 bits per heavy atom. The largest absolute Gasteiger partial charge is 0.462 e. The van der Waals surface area contributed by atoms with Crippen LogP contribution >= 0.6 is 0 Å². The Morgan fingerprint density at radius 3 is 1.48 bits per heavy atom. The molecule has 0 bridgehead atoms. The minimum atomic E-state index is -1.60. The first-order chi connectivity index (χ1) is 29.3. The highest BCUT2D eigenvalue weighted by Gasteiger charge is 2.44. The van der Waals surface area contributed by atoms with Gasteiger partial charge in [-0.3, -0.25) is 9.59 Å². The van der Waals surface area contributed by atoms with Crippen LogP contribution in [0.3, 0.4) is 0 Å². The standard InChI is InChI=1S/C50H86O10/c1-3-5-7-9-11-13-15-17-19-21-22-23-25-27-29-31-33-35-37-39-46(53)59-43(42-58-50-49(56)48(55)47(54)44(40-51)60-50)41-57-45(52)38-36-34-32-30-28-26-24-20-18-16-14-12-10-8-6-4-2/h5,7,11,13,17,19,22-23,27,29,43-44,47-51,54-56H,3-4,6,8-10,12,14-16,18,20-21,24-26,28,30-42H2,1-2H3/b7-5+,13-11+,19-17+,23-22+,29-27+/t43-,44-,47+,48?,49?,50-/m1/s1. The van der Waals surface area contributed by atoms with E-state index in [0.29, 0.717) is 6.42 Å². The van der Waals surface area contributed by atoms with Gasteiger partial charge in [0, 0.05) is 12.8 Å². The van der Waals surface area contributed by atoms with Crippen molar-refractivity contribution in [3.05, 3.63) is 60.8 Å². The fourth-order valence-electron chi connectivity index (χ4n) is 6.92. The fourth-order valence-corrected chi connectivity index (χ4v) is 6.92. The molecule has 1 fully saturated rings. The molecule has 0 saturated carbocycles. The van der Waals surface area contributed by atoms with Crippen molar-refractivity contribution in [2.45, 2.75) is 224 Å². The first-order valence-electron chi connectivity index (χ1n) is 23.9. The maximum atomic E-state index is 12.8. The van der Waals surface area contributed by atoms with Crippen molar-refractivity contribution in [2.24, 2.45) is 0 Å². The highest BCUT2D eigenvalue weighted by molar-refractivity contribution is 5.70. The summed E-state index contributed by atoms with van der Waals surface area (Å²) in [6.45, 7) is 3.28. The van der Waals surface area contributed by atoms with E-state index in [0.717, 1.165) is 70.6 Å². The van der Waals surface area contributed by atoms with Gasteiger partial charge in [0.05, 0.1) is 13.2 Å². The number of carbonyl (C=O) groups excluding carboxylic acids is 2. The Morgan fingerprint density at radius 2 is 0.983 bits per heavy atom. The molecule has 10 heteroatoms. The van der Waals surface area contributed by atoms with Gasteiger partial charge in [-0.1, -0.05) is 177 Å². The third kappa shape index (κ3) is 31.3. The van der Waals surface area contributed by atoms with Gasteiger partial charge in [0.1, 0.15) is 31.0 Å². The van der Waals surface area contributed by atoms with Crippen molar-refractivity contribution in [1.82, 2.24) is 0 Å². The second-order valence-electron chi connectivity index (χ2n) is 16.2. The van der Waals surface area contributed by atoms with Gasteiger partial charge in [0.25, 0.3) is 0 Å². The monoisotopic (exact) mass is 847 g/mol. The summed E-state index contributed by atoms with van der Waals surface area (Å²) in [7, 11) is 0. The van der Waals surface area contributed by atoms with E-state index >= 15 is 0 Å². The molecule has 0 aromatic rings. The van der Waals surface area contributed by atoms with Crippen molar-refractivity contribution < 1.29 is 49.0 Å². The quantitative estimate of drug-likeness (QED) is 0.0267. The number of hydrogen-bond donors (Lipinski definition) is 4. The van der Waals surface area contributed by atoms with Crippen LogP contribution in [0.5, 0.6) is 0 Å². The van der Waals surface area contributed by atoms with Crippen LogP contribution in [-0.4, -0.2) is 89.0 Å². The molecule has 0 spiro atoms. The molecule has 0 aromatic heterocycles. The van der Waals surface area contributed by atoms with Crippen molar-refractivity contribution >= 4 is 11.9 Å². The van der Waals surface area contributed by atoms with Crippen LogP contribution in [0.15, 0.2) is 60.8 Å². The first kappa shape index (κ1) is 55.4. The second-order valence-corrected chi connectivity index (χ2v) is 16.2. The molecule has 10 nitrogen and oxygen atoms in total. The molecule has 1 aliphatic rings. The van der Waals surface area contributed by atoms with Gasteiger partial charge in [-0.25, -0.2) is 0 Å². The Hall–Kier alpha value is -2.60. The van der Waals surface area contributed by atoms with Gasteiger partial charge < -0.3 is 39.4 Å². The molecular formula is C50H86O10. The van der Waals surface area contributed by atoms with E-state index in [2.05, 4.69) is 74.6 Å². The number of hydrogen-bond acceptors (Lipinski definition) is 10. The van der Waals surface area contributed by atoms with Gasteiger partial charge in [0.15, 0.2) is 12.4 Å². The van der Waals surface area contributed by atoms with Crippen molar-refractivity contribution in [2.75, 3.05) is 19.8 Å². The molecule has 0 aliphatic carbocycles. The molecule has 1 rings (SSSR count). The van der Waals surface area contributed by atoms with Crippen LogP contribution < -0.4 is 0 Å². The highest BCUT2D eigenvalue weighted by atomic mass is 16.7. The average Bonchev–Trinajstić information content (AvgIpc) is 3.25. The summed E-state index contributed by atoms with van der Waals surface area (Å²) in [5, 5.41) is 40.1. The van der Waals surface area contributed by atoms with E-state index in [1.165, 1.54) is 83.5 Å². The van der Waals surface area contributed by atoms with E-state index in [4.69, 9.17) is 18.9 Å². The van der Waals surface area contributed by atoms with Crippen LogP contribution in [0.2, 0.25) is 0 Å². The van der Waals surface area contributed by atoms with Gasteiger partial charge in [-0.05, 0) is 57.8 Å². The van der Waals surface area contributed by atoms with E-state index < -0.39 is 49.4 Å². The maximum Gasteiger partial charge on any atom is 0.306 e. The number of aliphatic hydroxyl groups excluding tert-OH is 4. The molecule has 1 heterocycles. The van der Waals surface area contributed by atoms with Crippen LogP contribution in [0, 0.1) is 0 Å². The van der Waals surface area contributed by atoms with Crippen LogP contribution in [0.25, 0.3) is 0 Å². The summed E-state index contributed by atoms with van der Waals surface area (Å²) >= 11 is 0. The summed E-state index contributed by atoms with van der Waals surface area (Å²) in [5.74, 6) is -0.842. The number of carbonyl (C=O) groups is 2. The Labute approximate surface area is 364 Å². The lowest BCUT2D eigenvalue weighted by molar-refractivity contribution is -0.305. The maximum absolute atomic E-state index is 12.8. The summed E-state index contributed by atoms with van der Waals surface area (Å²) in [6, 6.07) is 0. The first-order valence-corrected chi connectivity index (χ1v) is 23.9. The van der Waals surface area contributed by atoms with Crippen LogP contribution in [0.1, 0.15) is 187 Å². The van der Waals surface area contributed by atoms with Gasteiger partial charge in [0.2, 0.25) is 0 Å². The zero-order valence-electron chi connectivity index (χ0n) is 37.7. The predicted octanol–water partition coefficient (Wildman–Crippen LogP) is 10.6. The Kier molecular flexibility index (Phi) is 37.4. The van der Waals surface area contributed by atoms with Gasteiger partial charge in [-0.2, -0.15) is 0 Å². The predicted molar refractivity (Wildman–Crippen MR) is 242 cm³/mol. The molecule has 4 N–H and O–H groups in total. The minimum Gasteiger partial charge on any atom is -0.462 e. The lowest BCUT2D eigenvalue weighted by atomic mass is 9.99. The normalized spacial score (nSPS) is 20.4. The Balaban J connectivity index is 2.33. The molecule has 1 saturated heterocycles. The van der Waals surface area contributed by atoms with Gasteiger partial charge >= 0.3 is 11.9 Å². The van der Waals surface area contributed by atoms with Crippen LogP contribution in [-0.2, 0) is 28.5 Å².